The third-order valence-corrected chi connectivity index (χ3v) is 3.46. The number of hydrogen-bond acceptors (Lipinski definition) is 6. The first-order valence-corrected chi connectivity index (χ1v) is 7.14. The number of aromatic nitrogens is 2. The second kappa shape index (κ2) is 6.69. The summed E-state index contributed by atoms with van der Waals surface area (Å²) in [6, 6.07) is 7.56. The quantitative estimate of drug-likeness (QED) is 0.877. The minimum atomic E-state index is 0.311. The van der Waals surface area contributed by atoms with Gasteiger partial charge in [0.15, 0.2) is 0 Å². The van der Waals surface area contributed by atoms with Crippen LogP contribution in [0.4, 0.5) is 0 Å². The lowest BCUT2D eigenvalue weighted by atomic mass is 10.2. The van der Waals surface area contributed by atoms with Crippen molar-refractivity contribution in [2.75, 3.05) is 20.3 Å². The van der Waals surface area contributed by atoms with Gasteiger partial charge in [0.2, 0.25) is 11.8 Å². The molecule has 2 aromatic rings. The summed E-state index contributed by atoms with van der Waals surface area (Å²) in [7, 11) is 1.63. The summed E-state index contributed by atoms with van der Waals surface area (Å²) in [4.78, 5) is 0. The molecule has 1 aliphatic rings. The van der Waals surface area contributed by atoms with Crippen LogP contribution in [-0.2, 0) is 11.3 Å². The predicted octanol–water partition coefficient (Wildman–Crippen LogP) is 2.01. The summed E-state index contributed by atoms with van der Waals surface area (Å²) >= 11 is 0. The Hall–Kier alpha value is -1.92. The maximum absolute atomic E-state index is 5.65. The van der Waals surface area contributed by atoms with E-state index in [-0.39, 0.29) is 0 Å². The third-order valence-electron chi connectivity index (χ3n) is 3.46. The van der Waals surface area contributed by atoms with Gasteiger partial charge in [0, 0.05) is 18.7 Å². The fourth-order valence-corrected chi connectivity index (χ4v) is 2.34. The molecule has 1 fully saturated rings. The molecule has 1 saturated heterocycles. The fraction of sp³-hybridized carbons (Fsp3) is 0.467. The summed E-state index contributed by atoms with van der Waals surface area (Å²) in [6.45, 7) is 2.24. The monoisotopic (exact) mass is 289 g/mol. The van der Waals surface area contributed by atoms with Crippen molar-refractivity contribution in [1.82, 2.24) is 15.5 Å². The molecule has 2 heterocycles. The molecule has 3 rings (SSSR count). The molecule has 0 radical (unpaired) electrons. The Labute approximate surface area is 123 Å². The van der Waals surface area contributed by atoms with Gasteiger partial charge in [0.25, 0.3) is 0 Å². The van der Waals surface area contributed by atoms with E-state index in [2.05, 4.69) is 15.5 Å². The van der Waals surface area contributed by atoms with Crippen LogP contribution < -0.4 is 10.1 Å². The average Bonchev–Trinajstić information content (AvgIpc) is 3.19. The van der Waals surface area contributed by atoms with Gasteiger partial charge >= 0.3 is 0 Å². The highest BCUT2D eigenvalue weighted by atomic mass is 16.5. The van der Waals surface area contributed by atoms with E-state index >= 15 is 0 Å². The number of ether oxygens (including phenoxy) is 2. The van der Waals surface area contributed by atoms with Crippen LogP contribution in [0.1, 0.15) is 18.7 Å². The summed E-state index contributed by atoms with van der Waals surface area (Å²) in [5, 5.41) is 11.4. The zero-order chi connectivity index (χ0) is 14.5. The third kappa shape index (κ3) is 3.59. The van der Waals surface area contributed by atoms with E-state index in [0.29, 0.717) is 24.4 Å². The van der Waals surface area contributed by atoms with Gasteiger partial charge < -0.3 is 19.2 Å². The zero-order valence-corrected chi connectivity index (χ0v) is 12.0. The van der Waals surface area contributed by atoms with Gasteiger partial charge in [-0.25, -0.2) is 0 Å². The second-order valence-corrected chi connectivity index (χ2v) is 5.00. The van der Waals surface area contributed by atoms with Crippen molar-refractivity contribution < 1.29 is 13.9 Å². The Morgan fingerprint density at radius 1 is 1.38 bits per heavy atom. The smallest absolute Gasteiger partial charge is 0.247 e. The molecule has 1 unspecified atom stereocenters. The van der Waals surface area contributed by atoms with E-state index in [1.54, 1.807) is 7.11 Å². The van der Waals surface area contributed by atoms with Gasteiger partial charge in [-0.2, -0.15) is 0 Å². The van der Waals surface area contributed by atoms with E-state index in [9.17, 15) is 0 Å². The highest BCUT2D eigenvalue weighted by molar-refractivity contribution is 5.55. The minimum absolute atomic E-state index is 0.311. The van der Waals surface area contributed by atoms with E-state index in [0.717, 1.165) is 37.3 Å². The minimum Gasteiger partial charge on any atom is -0.497 e. The van der Waals surface area contributed by atoms with Gasteiger partial charge in [0.1, 0.15) is 5.75 Å². The van der Waals surface area contributed by atoms with Gasteiger partial charge in [0.05, 0.1) is 19.8 Å². The largest absolute Gasteiger partial charge is 0.497 e. The van der Waals surface area contributed by atoms with Crippen LogP contribution in [0.5, 0.6) is 5.75 Å². The lowest BCUT2D eigenvalue weighted by Gasteiger charge is -2.08. The molecule has 112 valence electrons. The van der Waals surface area contributed by atoms with Crippen molar-refractivity contribution in [3.05, 3.63) is 30.2 Å². The summed E-state index contributed by atoms with van der Waals surface area (Å²) < 4.78 is 16.4. The summed E-state index contributed by atoms with van der Waals surface area (Å²) in [5.74, 6) is 1.84. The molecule has 0 aliphatic carbocycles. The summed E-state index contributed by atoms with van der Waals surface area (Å²) in [5.41, 5.74) is 0.854. The predicted molar refractivity (Wildman–Crippen MR) is 77.0 cm³/mol. The van der Waals surface area contributed by atoms with Gasteiger partial charge in [-0.05, 0) is 31.0 Å². The van der Waals surface area contributed by atoms with Crippen molar-refractivity contribution in [1.29, 1.82) is 0 Å². The maximum Gasteiger partial charge on any atom is 0.247 e. The van der Waals surface area contributed by atoms with Crippen LogP contribution in [0.25, 0.3) is 11.5 Å². The number of rotatable bonds is 6. The van der Waals surface area contributed by atoms with Crippen molar-refractivity contribution in [2.24, 2.45) is 0 Å². The Balaban J connectivity index is 1.57. The number of benzene rings is 1. The molecule has 0 bridgehead atoms. The Bertz CT molecular complexity index is 579. The number of nitrogens with one attached hydrogen (secondary N) is 1. The van der Waals surface area contributed by atoms with Crippen molar-refractivity contribution in [2.45, 2.75) is 25.5 Å². The second-order valence-electron chi connectivity index (χ2n) is 5.00. The molecule has 1 N–H and O–H groups in total. The molecule has 0 amide bonds. The number of methoxy groups -OCH3 is 1. The average molecular weight is 289 g/mol. The Morgan fingerprint density at radius 3 is 3.14 bits per heavy atom. The first-order chi connectivity index (χ1) is 10.3. The molecule has 21 heavy (non-hydrogen) atoms. The first kappa shape index (κ1) is 14.0. The molecular weight excluding hydrogens is 270 g/mol. The van der Waals surface area contributed by atoms with Gasteiger partial charge in [-0.3, -0.25) is 0 Å². The standard InChI is InChI=1S/C15H19N3O3/c1-19-12-5-2-4-11(8-12)15-18-17-14(21-15)10-16-9-13-6-3-7-20-13/h2,4-5,8,13,16H,3,6-7,9-10H2,1H3. The molecule has 1 aliphatic heterocycles. The van der Waals surface area contributed by atoms with Crippen molar-refractivity contribution in [3.8, 4) is 17.2 Å². The molecular formula is C15H19N3O3. The van der Waals surface area contributed by atoms with Gasteiger partial charge in [-0.1, -0.05) is 6.07 Å². The van der Waals surface area contributed by atoms with E-state index in [1.807, 2.05) is 24.3 Å². The SMILES string of the molecule is COc1cccc(-c2nnc(CNCC3CCCO3)o2)c1. The molecule has 6 heteroatoms. The highest BCUT2D eigenvalue weighted by Gasteiger charge is 2.15. The van der Waals surface area contributed by atoms with Crippen molar-refractivity contribution in [3.63, 3.8) is 0 Å². The van der Waals surface area contributed by atoms with Crippen molar-refractivity contribution >= 4 is 0 Å². The van der Waals surface area contributed by atoms with Crippen LogP contribution in [0, 0.1) is 0 Å². The topological polar surface area (TPSA) is 69.4 Å². The van der Waals surface area contributed by atoms with Crippen LogP contribution in [-0.4, -0.2) is 36.6 Å². The van der Waals surface area contributed by atoms with Gasteiger partial charge in [-0.15, -0.1) is 10.2 Å². The van der Waals surface area contributed by atoms with Crippen LogP contribution in [0.3, 0.4) is 0 Å². The molecule has 0 saturated carbocycles. The zero-order valence-electron chi connectivity index (χ0n) is 12.0. The van der Waals surface area contributed by atoms with Crippen LogP contribution in [0.2, 0.25) is 0 Å². The fourth-order valence-electron chi connectivity index (χ4n) is 2.34. The number of hydrogen-bond donors (Lipinski definition) is 1. The molecule has 0 spiro atoms. The molecule has 1 aromatic heterocycles. The van der Waals surface area contributed by atoms with Crippen LogP contribution in [0.15, 0.2) is 28.7 Å². The van der Waals surface area contributed by atoms with Crippen LogP contribution >= 0.6 is 0 Å². The van der Waals surface area contributed by atoms with E-state index < -0.39 is 0 Å². The first-order valence-electron chi connectivity index (χ1n) is 7.14. The maximum atomic E-state index is 5.65. The lowest BCUT2D eigenvalue weighted by Crippen LogP contribution is -2.25. The lowest BCUT2D eigenvalue weighted by molar-refractivity contribution is 0.109. The molecule has 6 nitrogen and oxygen atoms in total. The number of nitrogens with zero attached hydrogens (tertiary/aromatic N) is 2. The van der Waals surface area contributed by atoms with E-state index in [1.165, 1.54) is 0 Å². The highest BCUT2D eigenvalue weighted by Crippen LogP contribution is 2.22. The molecule has 1 atom stereocenters. The summed E-state index contributed by atoms with van der Waals surface area (Å²) in [6.07, 6.45) is 2.57. The molecule has 1 aromatic carbocycles. The Morgan fingerprint density at radius 2 is 2.33 bits per heavy atom. The van der Waals surface area contributed by atoms with E-state index in [4.69, 9.17) is 13.9 Å². The normalized spacial score (nSPS) is 18.0. The Kier molecular flexibility index (Phi) is 4.47.